The first-order valence-corrected chi connectivity index (χ1v) is 8.47. The highest BCUT2D eigenvalue weighted by Gasteiger charge is 2.35. The minimum Gasteiger partial charge on any atom is -0.481 e. The van der Waals surface area contributed by atoms with E-state index in [1.807, 2.05) is 36.6 Å². The predicted molar refractivity (Wildman–Crippen MR) is 93.2 cm³/mol. The van der Waals surface area contributed by atoms with Gasteiger partial charge in [0, 0.05) is 30.9 Å². The Morgan fingerprint density at radius 2 is 1.96 bits per heavy atom. The number of carboxylic acids is 1. The van der Waals surface area contributed by atoms with Crippen LogP contribution >= 0.6 is 11.3 Å². The van der Waals surface area contributed by atoms with Gasteiger partial charge in [-0.15, -0.1) is 11.3 Å². The van der Waals surface area contributed by atoms with Crippen LogP contribution in [0.2, 0.25) is 0 Å². The lowest BCUT2D eigenvalue weighted by molar-refractivity contribution is -0.153. The fourth-order valence-corrected chi connectivity index (χ4v) is 3.25. The van der Waals surface area contributed by atoms with E-state index < -0.39 is 11.4 Å². The van der Waals surface area contributed by atoms with Gasteiger partial charge in [-0.3, -0.25) is 9.59 Å². The molecule has 0 saturated heterocycles. The van der Waals surface area contributed by atoms with Crippen LogP contribution in [0.5, 0.6) is 0 Å². The molecule has 1 atom stereocenters. The number of hydrogen-bond acceptors (Lipinski definition) is 5. The van der Waals surface area contributed by atoms with Crippen LogP contribution in [0.3, 0.4) is 0 Å². The Balaban J connectivity index is 2.05. The fraction of sp³-hybridized carbons (Fsp3) is 0.389. The highest BCUT2D eigenvalue weighted by molar-refractivity contribution is 7.13. The molecule has 0 spiro atoms. The van der Waals surface area contributed by atoms with E-state index in [2.05, 4.69) is 4.98 Å². The van der Waals surface area contributed by atoms with Crippen LogP contribution in [0.15, 0.2) is 29.6 Å². The highest BCUT2D eigenvalue weighted by Crippen LogP contribution is 2.26. The number of nitrogens with zero attached hydrogens (tertiary/aromatic N) is 1. The summed E-state index contributed by atoms with van der Waals surface area (Å²) in [7, 11) is 1.43. The summed E-state index contributed by atoms with van der Waals surface area (Å²) < 4.78 is 4.94. The first kappa shape index (κ1) is 18.3. The maximum absolute atomic E-state index is 12.2. The van der Waals surface area contributed by atoms with E-state index in [4.69, 9.17) is 4.74 Å². The summed E-state index contributed by atoms with van der Waals surface area (Å²) in [5.41, 5.74) is 1.66. The van der Waals surface area contributed by atoms with Crippen molar-refractivity contribution in [3.63, 3.8) is 0 Å². The van der Waals surface area contributed by atoms with E-state index in [1.165, 1.54) is 30.9 Å². The lowest BCUT2D eigenvalue weighted by Gasteiger charge is -2.22. The summed E-state index contributed by atoms with van der Waals surface area (Å²) in [5.74, 6) is -1.19. The molecule has 0 aliphatic carbocycles. The number of thiazole rings is 1. The summed E-state index contributed by atoms with van der Waals surface area (Å²) >= 11 is 1.48. The summed E-state index contributed by atoms with van der Waals surface area (Å²) in [6, 6.07) is 8.04. The van der Waals surface area contributed by atoms with E-state index in [0.717, 1.165) is 10.6 Å². The van der Waals surface area contributed by atoms with Gasteiger partial charge in [0.05, 0.1) is 17.7 Å². The summed E-state index contributed by atoms with van der Waals surface area (Å²) in [6.45, 7) is 3.55. The third-order valence-corrected chi connectivity index (χ3v) is 4.74. The van der Waals surface area contributed by atoms with Crippen LogP contribution < -0.4 is 0 Å². The van der Waals surface area contributed by atoms with Crippen LogP contribution in [0.25, 0.3) is 10.6 Å². The average Bonchev–Trinajstić information content (AvgIpc) is 2.96. The third-order valence-electron chi connectivity index (χ3n) is 3.80. The lowest BCUT2D eigenvalue weighted by Crippen LogP contribution is -2.35. The Morgan fingerprint density at radius 3 is 2.54 bits per heavy atom. The van der Waals surface area contributed by atoms with Crippen molar-refractivity contribution in [2.24, 2.45) is 5.41 Å². The molecular weight excluding hydrogens is 326 g/mol. The molecule has 0 saturated carbocycles. The minimum absolute atomic E-state index is 0.000243. The zero-order valence-electron chi connectivity index (χ0n) is 14.0. The van der Waals surface area contributed by atoms with Crippen molar-refractivity contribution in [1.29, 1.82) is 0 Å². The van der Waals surface area contributed by atoms with E-state index >= 15 is 0 Å². The number of aromatic nitrogens is 1. The molecule has 5 nitrogen and oxygen atoms in total. The van der Waals surface area contributed by atoms with Gasteiger partial charge in [0.25, 0.3) is 0 Å². The standard InChI is InChI=1S/C18H21NO4S/c1-12-4-6-13(7-5-12)16-19-14(10-24-16)8-15(20)9-18(2,11-23-3)17(21)22/h4-7,10H,8-9,11H2,1-3H3,(H,21,22). The van der Waals surface area contributed by atoms with Crippen LogP contribution in [-0.4, -0.2) is 35.6 Å². The topological polar surface area (TPSA) is 76.5 Å². The number of methoxy groups -OCH3 is 1. The summed E-state index contributed by atoms with van der Waals surface area (Å²) in [5, 5.41) is 12.0. The number of hydrogen-bond donors (Lipinski definition) is 1. The summed E-state index contributed by atoms with van der Waals surface area (Å²) in [6.07, 6.45) is 0.0580. The Kier molecular flexibility index (Phi) is 5.85. The van der Waals surface area contributed by atoms with Crippen molar-refractivity contribution in [3.8, 4) is 10.6 Å². The number of benzene rings is 1. The monoisotopic (exact) mass is 347 g/mol. The fourth-order valence-electron chi connectivity index (χ4n) is 2.42. The Morgan fingerprint density at radius 1 is 1.29 bits per heavy atom. The number of carbonyl (C=O) groups excluding carboxylic acids is 1. The van der Waals surface area contributed by atoms with E-state index in [9.17, 15) is 14.7 Å². The molecule has 128 valence electrons. The summed E-state index contributed by atoms with van der Waals surface area (Å²) in [4.78, 5) is 28.1. The van der Waals surface area contributed by atoms with Crippen LogP contribution in [-0.2, 0) is 20.7 Å². The molecule has 1 unspecified atom stereocenters. The molecule has 1 aromatic carbocycles. The molecule has 24 heavy (non-hydrogen) atoms. The molecule has 2 aromatic rings. The smallest absolute Gasteiger partial charge is 0.312 e. The van der Waals surface area contributed by atoms with Crippen molar-refractivity contribution in [2.45, 2.75) is 26.7 Å². The molecule has 0 amide bonds. The van der Waals surface area contributed by atoms with Gasteiger partial charge in [-0.25, -0.2) is 4.98 Å². The predicted octanol–water partition coefficient (Wildman–Crippen LogP) is 3.36. The number of aryl methyl sites for hydroxylation is 1. The van der Waals surface area contributed by atoms with Gasteiger partial charge in [-0.2, -0.15) is 0 Å². The lowest BCUT2D eigenvalue weighted by atomic mass is 9.85. The maximum atomic E-state index is 12.2. The van der Waals surface area contributed by atoms with Gasteiger partial charge in [-0.1, -0.05) is 29.8 Å². The normalized spacial score (nSPS) is 13.5. The van der Waals surface area contributed by atoms with Gasteiger partial charge >= 0.3 is 5.97 Å². The zero-order chi connectivity index (χ0) is 17.7. The maximum Gasteiger partial charge on any atom is 0.312 e. The van der Waals surface area contributed by atoms with E-state index in [1.54, 1.807) is 0 Å². The SMILES string of the molecule is COCC(C)(CC(=O)Cc1csc(-c2ccc(C)cc2)n1)C(=O)O. The molecule has 0 fully saturated rings. The van der Waals surface area contributed by atoms with E-state index in [-0.39, 0.29) is 25.2 Å². The molecule has 0 aliphatic heterocycles. The second-order valence-electron chi connectivity index (χ2n) is 6.20. The molecule has 6 heteroatoms. The Bertz CT molecular complexity index is 723. The van der Waals surface area contributed by atoms with Crippen molar-refractivity contribution in [1.82, 2.24) is 4.98 Å². The number of Topliss-reactive ketones (excluding diaryl/α,β-unsaturated/α-hetero) is 1. The molecule has 1 heterocycles. The molecule has 0 bridgehead atoms. The van der Waals surface area contributed by atoms with Crippen molar-refractivity contribution < 1.29 is 19.4 Å². The second kappa shape index (κ2) is 7.68. The number of ether oxygens (including phenoxy) is 1. The van der Waals surface area contributed by atoms with Crippen molar-refractivity contribution >= 4 is 23.1 Å². The number of carbonyl (C=O) groups is 2. The Hall–Kier alpha value is -2.05. The average molecular weight is 347 g/mol. The van der Waals surface area contributed by atoms with Gasteiger partial charge < -0.3 is 9.84 Å². The van der Waals surface area contributed by atoms with Gasteiger partial charge in [0.1, 0.15) is 10.8 Å². The molecule has 0 radical (unpaired) electrons. The molecule has 0 aliphatic rings. The van der Waals surface area contributed by atoms with E-state index in [0.29, 0.717) is 5.69 Å². The molecule has 1 aromatic heterocycles. The van der Waals surface area contributed by atoms with Gasteiger partial charge in [0.15, 0.2) is 0 Å². The third kappa shape index (κ3) is 4.49. The van der Waals surface area contributed by atoms with Crippen molar-refractivity contribution in [2.75, 3.05) is 13.7 Å². The molecule has 2 rings (SSSR count). The van der Waals surface area contributed by atoms with Crippen LogP contribution in [0, 0.1) is 12.3 Å². The number of carboxylic acid groups (broad SMARTS) is 1. The first-order valence-electron chi connectivity index (χ1n) is 7.59. The molecular formula is C18H21NO4S. The largest absolute Gasteiger partial charge is 0.481 e. The zero-order valence-corrected chi connectivity index (χ0v) is 14.9. The quantitative estimate of drug-likeness (QED) is 0.792. The van der Waals surface area contributed by atoms with Gasteiger partial charge in [-0.05, 0) is 13.8 Å². The van der Waals surface area contributed by atoms with Crippen LogP contribution in [0.1, 0.15) is 24.6 Å². The highest BCUT2D eigenvalue weighted by atomic mass is 32.1. The number of aliphatic carboxylic acids is 1. The van der Waals surface area contributed by atoms with Crippen LogP contribution in [0.4, 0.5) is 0 Å². The number of rotatable bonds is 8. The first-order chi connectivity index (χ1) is 11.3. The second-order valence-corrected chi connectivity index (χ2v) is 7.06. The molecule has 1 N–H and O–H groups in total. The van der Waals surface area contributed by atoms with Crippen molar-refractivity contribution in [3.05, 3.63) is 40.9 Å². The minimum atomic E-state index is -1.21. The Labute approximate surface area is 145 Å². The number of ketones is 1. The van der Waals surface area contributed by atoms with Gasteiger partial charge in [0.2, 0.25) is 0 Å².